The molecule has 0 aliphatic rings. The van der Waals surface area contributed by atoms with Gasteiger partial charge in [-0.15, -0.1) is 0 Å². The molecule has 1 amide bonds. The van der Waals surface area contributed by atoms with Gasteiger partial charge in [-0.3, -0.25) is 4.79 Å². The van der Waals surface area contributed by atoms with Crippen LogP contribution in [0, 0.1) is 5.82 Å². The van der Waals surface area contributed by atoms with Gasteiger partial charge in [0, 0.05) is 18.1 Å². The van der Waals surface area contributed by atoms with E-state index in [1.54, 1.807) is 0 Å². The molecule has 0 saturated heterocycles. The van der Waals surface area contributed by atoms with Crippen molar-refractivity contribution in [1.82, 2.24) is 9.38 Å². The number of pyridine rings is 1. The number of anilines is 1. The first-order chi connectivity index (χ1) is 11.2. The lowest BCUT2D eigenvalue weighted by atomic mass is 10.2. The molecule has 0 atom stereocenters. The Kier molecular flexibility index (Phi) is 3.92. The summed E-state index contributed by atoms with van der Waals surface area (Å²) in [4.78, 5) is 16.1. The van der Waals surface area contributed by atoms with Gasteiger partial charge < -0.3 is 9.72 Å². The maximum Gasteiger partial charge on any atom is 0.417 e. The number of nitrogens with one attached hydrogen (secondary N) is 1. The molecule has 4 nitrogen and oxygen atoms in total. The summed E-state index contributed by atoms with van der Waals surface area (Å²) in [6.45, 7) is 0. The van der Waals surface area contributed by atoms with E-state index < -0.39 is 28.5 Å². The van der Waals surface area contributed by atoms with Crippen molar-refractivity contribution < 1.29 is 22.4 Å². The number of benzene rings is 1. The van der Waals surface area contributed by atoms with Crippen LogP contribution in [0.3, 0.4) is 0 Å². The van der Waals surface area contributed by atoms with Crippen molar-refractivity contribution in [2.75, 3.05) is 5.32 Å². The molecule has 2 aromatic heterocycles. The van der Waals surface area contributed by atoms with Crippen molar-refractivity contribution in [3.05, 3.63) is 64.8 Å². The zero-order valence-electron chi connectivity index (χ0n) is 11.7. The van der Waals surface area contributed by atoms with Gasteiger partial charge in [-0.2, -0.15) is 13.2 Å². The SMILES string of the molecule is O=C(Nc1ccc(Cl)c(C(F)(F)F)c1)c1cn2cc(F)ccc2n1. The standard InChI is InChI=1S/C15H8ClF4N3O/c16-11-3-2-9(5-10(11)15(18,19)20)21-14(24)12-7-23-6-8(17)1-4-13(23)22-12/h1-7H,(H,21,24). The van der Waals surface area contributed by atoms with Crippen LogP contribution in [0.25, 0.3) is 5.65 Å². The highest BCUT2D eigenvalue weighted by molar-refractivity contribution is 6.31. The Balaban J connectivity index is 1.88. The van der Waals surface area contributed by atoms with Gasteiger partial charge in [-0.1, -0.05) is 11.6 Å². The van der Waals surface area contributed by atoms with Crippen LogP contribution in [0.4, 0.5) is 23.2 Å². The lowest BCUT2D eigenvalue weighted by Crippen LogP contribution is -2.13. The fourth-order valence-corrected chi connectivity index (χ4v) is 2.31. The van der Waals surface area contributed by atoms with Crippen LogP contribution in [0.1, 0.15) is 16.1 Å². The predicted octanol–water partition coefficient (Wildman–Crippen LogP) is 4.40. The molecule has 0 radical (unpaired) electrons. The van der Waals surface area contributed by atoms with E-state index in [4.69, 9.17) is 11.6 Å². The highest BCUT2D eigenvalue weighted by Gasteiger charge is 2.33. The topological polar surface area (TPSA) is 46.4 Å². The maximum absolute atomic E-state index is 13.1. The van der Waals surface area contributed by atoms with Crippen LogP contribution in [0.2, 0.25) is 5.02 Å². The van der Waals surface area contributed by atoms with Crippen LogP contribution in [-0.4, -0.2) is 15.3 Å². The van der Waals surface area contributed by atoms with Crippen LogP contribution >= 0.6 is 11.6 Å². The number of rotatable bonds is 2. The molecule has 1 aromatic carbocycles. The van der Waals surface area contributed by atoms with Gasteiger partial charge in [0.2, 0.25) is 0 Å². The summed E-state index contributed by atoms with van der Waals surface area (Å²) in [7, 11) is 0. The molecule has 0 aliphatic heterocycles. The maximum atomic E-state index is 13.1. The number of amides is 1. The Labute approximate surface area is 137 Å². The van der Waals surface area contributed by atoms with Crippen molar-refractivity contribution in [3.63, 3.8) is 0 Å². The van der Waals surface area contributed by atoms with E-state index in [0.717, 1.165) is 18.3 Å². The minimum atomic E-state index is -4.64. The summed E-state index contributed by atoms with van der Waals surface area (Å²) < 4.78 is 52.9. The molecule has 9 heteroatoms. The summed E-state index contributed by atoms with van der Waals surface area (Å²) >= 11 is 5.52. The zero-order valence-corrected chi connectivity index (χ0v) is 12.5. The average molecular weight is 358 g/mol. The summed E-state index contributed by atoms with van der Waals surface area (Å²) in [5.41, 5.74) is -0.878. The molecule has 24 heavy (non-hydrogen) atoms. The smallest absolute Gasteiger partial charge is 0.321 e. The molecule has 0 saturated carbocycles. The molecule has 0 fully saturated rings. The van der Waals surface area contributed by atoms with E-state index in [9.17, 15) is 22.4 Å². The Morgan fingerprint density at radius 2 is 1.92 bits per heavy atom. The van der Waals surface area contributed by atoms with Crippen molar-refractivity contribution in [1.29, 1.82) is 0 Å². The predicted molar refractivity (Wildman–Crippen MR) is 79.6 cm³/mol. The van der Waals surface area contributed by atoms with Crippen molar-refractivity contribution in [2.45, 2.75) is 6.18 Å². The van der Waals surface area contributed by atoms with Crippen LogP contribution in [0.15, 0.2) is 42.7 Å². The van der Waals surface area contributed by atoms with Crippen LogP contribution < -0.4 is 5.32 Å². The highest BCUT2D eigenvalue weighted by atomic mass is 35.5. The second-order valence-corrected chi connectivity index (χ2v) is 5.29. The Hall–Kier alpha value is -2.61. The molecule has 2 heterocycles. The van der Waals surface area contributed by atoms with Crippen LogP contribution in [-0.2, 0) is 6.18 Å². The van der Waals surface area contributed by atoms with E-state index in [1.165, 1.54) is 28.8 Å². The fraction of sp³-hybridized carbons (Fsp3) is 0.0667. The number of carbonyl (C=O) groups is 1. The van der Waals surface area contributed by atoms with Gasteiger partial charge >= 0.3 is 6.18 Å². The molecular formula is C15H8ClF4N3O. The normalized spacial score (nSPS) is 11.7. The molecule has 3 rings (SSSR count). The van der Waals surface area contributed by atoms with Gasteiger partial charge in [0.1, 0.15) is 17.2 Å². The minimum Gasteiger partial charge on any atom is -0.321 e. The summed E-state index contributed by atoms with van der Waals surface area (Å²) in [5, 5.41) is 1.84. The third-order valence-electron chi connectivity index (χ3n) is 3.18. The number of imidazole rings is 1. The van der Waals surface area contributed by atoms with Crippen molar-refractivity contribution in [3.8, 4) is 0 Å². The number of halogens is 5. The molecule has 0 spiro atoms. The third-order valence-corrected chi connectivity index (χ3v) is 3.51. The number of aromatic nitrogens is 2. The molecule has 0 aliphatic carbocycles. The molecule has 0 unspecified atom stereocenters. The van der Waals surface area contributed by atoms with E-state index in [-0.39, 0.29) is 11.4 Å². The molecule has 124 valence electrons. The summed E-state index contributed by atoms with van der Waals surface area (Å²) in [6.07, 6.45) is -2.24. The first-order valence-corrected chi connectivity index (χ1v) is 6.94. The third kappa shape index (κ3) is 3.18. The summed E-state index contributed by atoms with van der Waals surface area (Å²) in [5.74, 6) is -1.24. The largest absolute Gasteiger partial charge is 0.417 e. The highest BCUT2D eigenvalue weighted by Crippen LogP contribution is 2.36. The lowest BCUT2D eigenvalue weighted by molar-refractivity contribution is -0.137. The Morgan fingerprint density at radius 1 is 1.17 bits per heavy atom. The van der Waals surface area contributed by atoms with Crippen LogP contribution in [0.5, 0.6) is 0 Å². The van der Waals surface area contributed by atoms with E-state index >= 15 is 0 Å². The minimum absolute atomic E-state index is 0.0656. The van der Waals surface area contributed by atoms with E-state index in [2.05, 4.69) is 10.3 Å². The number of fused-ring (bicyclic) bond motifs is 1. The lowest BCUT2D eigenvalue weighted by Gasteiger charge is -2.11. The second kappa shape index (κ2) is 5.79. The number of nitrogens with zero attached hydrogens (tertiary/aromatic N) is 2. The fourth-order valence-electron chi connectivity index (χ4n) is 2.09. The average Bonchev–Trinajstić information content (AvgIpc) is 2.91. The van der Waals surface area contributed by atoms with Gasteiger partial charge in [-0.25, -0.2) is 9.37 Å². The number of alkyl halides is 3. The Bertz CT molecular complexity index is 936. The van der Waals surface area contributed by atoms with Gasteiger partial charge in [0.25, 0.3) is 5.91 Å². The monoisotopic (exact) mass is 357 g/mol. The molecular weight excluding hydrogens is 350 g/mol. The quantitative estimate of drug-likeness (QED) is 0.691. The number of hydrogen-bond acceptors (Lipinski definition) is 2. The van der Waals surface area contributed by atoms with Gasteiger partial charge in [0.15, 0.2) is 0 Å². The molecule has 3 aromatic rings. The Morgan fingerprint density at radius 3 is 2.62 bits per heavy atom. The van der Waals surface area contributed by atoms with E-state index in [0.29, 0.717) is 5.65 Å². The van der Waals surface area contributed by atoms with Crippen molar-refractivity contribution >= 4 is 28.8 Å². The second-order valence-electron chi connectivity index (χ2n) is 4.89. The zero-order chi connectivity index (χ0) is 17.5. The first kappa shape index (κ1) is 16.3. The van der Waals surface area contributed by atoms with Gasteiger partial charge in [0.05, 0.1) is 10.6 Å². The number of carbonyl (C=O) groups excluding carboxylic acids is 1. The number of hydrogen-bond donors (Lipinski definition) is 1. The molecule has 0 bridgehead atoms. The molecule has 1 N–H and O–H groups in total. The summed E-state index contributed by atoms with van der Waals surface area (Å²) in [6, 6.07) is 5.56. The van der Waals surface area contributed by atoms with E-state index in [1.807, 2.05) is 0 Å². The first-order valence-electron chi connectivity index (χ1n) is 6.56. The van der Waals surface area contributed by atoms with Crippen molar-refractivity contribution in [2.24, 2.45) is 0 Å². The van der Waals surface area contributed by atoms with Gasteiger partial charge in [-0.05, 0) is 30.3 Å².